The average molecular weight is 417 g/mol. The minimum absolute atomic E-state index is 0.274. The molecule has 0 radical (unpaired) electrons. The highest BCUT2D eigenvalue weighted by Crippen LogP contribution is 2.33. The molecule has 0 unspecified atom stereocenters. The maximum absolute atomic E-state index is 12.7. The quantitative estimate of drug-likeness (QED) is 0.517. The van der Waals surface area contributed by atoms with E-state index in [2.05, 4.69) is 16.9 Å². The molecule has 3 rings (SSSR count). The lowest BCUT2D eigenvalue weighted by atomic mass is 9.95. The molecule has 134 valence electrons. The van der Waals surface area contributed by atoms with Crippen LogP contribution >= 0.6 is 34.8 Å². The Morgan fingerprint density at radius 3 is 2.15 bits per heavy atom. The number of amides is 1. The zero-order valence-corrected chi connectivity index (χ0v) is 16.0. The fourth-order valence-electron chi connectivity index (χ4n) is 2.58. The van der Waals surface area contributed by atoms with Crippen LogP contribution < -0.4 is 10.9 Å². The molecule has 3 aromatic rings. The van der Waals surface area contributed by atoms with E-state index in [9.17, 15) is 10.1 Å². The Labute approximate surface area is 171 Å². The highest BCUT2D eigenvalue weighted by Gasteiger charge is 2.15. The summed E-state index contributed by atoms with van der Waals surface area (Å²) in [6.45, 7) is 0. The van der Waals surface area contributed by atoms with Crippen molar-refractivity contribution in [1.82, 2.24) is 5.43 Å². The molecule has 0 aromatic heterocycles. The monoisotopic (exact) mass is 415 g/mol. The summed E-state index contributed by atoms with van der Waals surface area (Å²) < 4.78 is 0. The number of nitrogens with zero attached hydrogens (tertiary/aromatic N) is 1. The number of anilines is 1. The highest BCUT2D eigenvalue weighted by molar-refractivity contribution is 6.41. The second-order valence-electron chi connectivity index (χ2n) is 5.53. The molecule has 4 nitrogen and oxygen atoms in total. The summed E-state index contributed by atoms with van der Waals surface area (Å²) in [5.41, 5.74) is 7.84. The summed E-state index contributed by atoms with van der Waals surface area (Å²) in [7, 11) is 0. The Bertz CT molecular complexity index is 1040. The maximum Gasteiger partial charge on any atom is 0.270 e. The highest BCUT2D eigenvalue weighted by atomic mass is 35.5. The third-order valence-corrected chi connectivity index (χ3v) is 4.63. The molecule has 0 aliphatic heterocycles. The summed E-state index contributed by atoms with van der Waals surface area (Å²) >= 11 is 18.1. The predicted molar refractivity (Wildman–Crippen MR) is 109 cm³/mol. The van der Waals surface area contributed by atoms with E-state index in [4.69, 9.17) is 34.8 Å². The number of benzene rings is 3. The minimum Gasteiger partial charge on any atom is -0.295 e. The zero-order valence-electron chi connectivity index (χ0n) is 13.8. The lowest BCUT2D eigenvalue weighted by Crippen LogP contribution is -2.30. The first-order valence-electron chi connectivity index (χ1n) is 7.80. The summed E-state index contributed by atoms with van der Waals surface area (Å²) in [5.74, 6) is -0.402. The summed E-state index contributed by atoms with van der Waals surface area (Å²) in [5, 5.41) is 10.3. The normalized spacial score (nSPS) is 10.1. The second-order valence-corrected chi connectivity index (χ2v) is 6.78. The van der Waals surface area contributed by atoms with Crippen LogP contribution in [0, 0.1) is 11.3 Å². The lowest BCUT2D eigenvalue weighted by Gasteiger charge is -2.14. The van der Waals surface area contributed by atoms with Gasteiger partial charge in [-0.1, -0.05) is 71.2 Å². The van der Waals surface area contributed by atoms with Crippen molar-refractivity contribution in [2.75, 3.05) is 5.43 Å². The minimum atomic E-state index is -0.402. The summed E-state index contributed by atoms with van der Waals surface area (Å²) in [6.07, 6.45) is 0. The van der Waals surface area contributed by atoms with E-state index in [0.717, 1.165) is 0 Å². The standard InChI is InChI=1S/C20H12Cl3N3O/c21-13-9-17(22)19(18(23)10-13)25-26-20(27)16-8-4-3-7-15(16)14-6-2-1-5-12(14)11-24/h1-10,25H,(H,26,27). The number of hydrazine groups is 1. The molecule has 7 heteroatoms. The predicted octanol–water partition coefficient (Wildman–Crippen LogP) is 5.94. The molecule has 0 aliphatic carbocycles. The molecule has 27 heavy (non-hydrogen) atoms. The van der Waals surface area contributed by atoms with Crippen LogP contribution in [-0.4, -0.2) is 5.91 Å². The Morgan fingerprint density at radius 1 is 0.889 bits per heavy atom. The van der Waals surface area contributed by atoms with Crippen LogP contribution in [0.2, 0.25) is 15.1 Å². The number of carbonyl (C=O) groups is 1. The third kappa shape index (κ3) is 4.17. The van der Waals surface area contributed by atoms with Gasteiger partial charge in [-0.2, -0.15) is 5.26 Å². The van der Waals surface area contributed by atoms with Gasteiger partial charge in [0.1, 0.15) is 0 Å². The largest absolute Gasteiger partial charge is 0.295 e. The summed E-state index contributed by atoms with van der Waals surface area (Å²) in [4.78, 5) is 12.7. The van der Waals surface area contributed by atoms with E-state index >= 15 is 0 Å². The molecule has 0 spiro atoms. The van der Waals surface area contributed by atoms with Crippen molar-refractivity contribution in [3.8, 4) is 17.2 Å². The van der Waals surface area contributed by atoms with Crippen LogP contribution in [0.1, 0.15) is 15.9 Å². The van der Waals surface area contributed by atoms with Gasteiger partial charge in [0.05, 0.1) is 27.4 Å². The topological polar surface area (TPSA) is 64.9 Å². The Hall–Kier alpha value is -2.71. The number of nitriles is 1. The Balaban J connectivity index is 1.90. The first kappa shape index (κ1) is 19.1. The summed E-state index contributed by atoms with van der Waals surface area (Å²) in [6, 6.07) is 19.3. The number of hydrogen-bond donors (Lipinski definition) is 2. The van der Waals surface area contributed by atoms with Crippen LogP contribution in [0.4, 0.5) is 5.69 Å². The number of hydrogen-bond acceptors (Lipinski definition) is 3. The van der Waals surface area contributed by atoms with Gasteiger partial charge in [0.15, 0.2) is 0 Å². The molecule has 0 heterocycles. The van der Waals surface area contributed by atoms with Crippen molar-refractivity contribution < 1.29 is 4.79 Å². The van der Waals surface area contributed by atoms with Gasteiger partial charge in [0.2, 0.25) is 0 Å². The SMILES string of the molecule is N#Cc1ccccc1-c1ccccc1C(=O)NNc1c(Cl)cc(Cl)cc1Cl. The zero-order chi connectivity index (χ0) is 19.4. The van der Waals surface area contributed by atoms with E-state index in [1.54, 1.807) is 42.5 Å². The van der Waals surface area contributed by atoms with E-state index in [0.29, 0.717) is 33.0 Å². The lowest BCUT2D eigenvalue weighted by molar-refractivity contribution is 0.0963. The smallest absolute Gasteiger partial charge is 0.270 e. The van der Waals surface area contributed by atoms with E-state index in [1.807, 2.05) is 6.07 Å². The van der Waals surface area contributed by atoms with Crippen molar-refractivity contribution in [3.05, 3.63) is 86.9 Å². The van der Waals surface area contributed by atoms with Crippen LogP contribution in [-0.2, 0) is 0 Å². The molecule has 0 fully saturated rings. The molecule has 2 N–H and O–H groups in total. The van der Waals surface area contributed by atoms with Gasteiger partial charge in [-0.25, -0.2) is 0 Å². The number of carbonyl (C=O) groups excluding carboxylic acids is 1. The molecule has 0 saturated carbocycles. The van der Waals surface area contributed by atoms with E-state index < -0.39 is 5.91 Å². The molecule has 3 aromatic carbocycles. The maximum atomic E-state index is 12.7. The fraction of sp³-hybridized carbons (Fsp3) is 0. The van der Waals surface area contributed by atoms with Crippen molar-refractivity contribution in [1.29, 1.82) is 5.26 Å². The van der Waals surface area contributed by atoms with Gasteiger partial charge in [-0.05, 0) is 29.8 Å². The second kappa shape index (κ2) is 8.32. The van der Waals surface area contributed by atoms with Crippen LogP contribution in [0.15, 0.2) is 60.7 Å². The van der Waals surface area contributed by atoms with Gasteiger partial charge in [-0.3, -0.25) is 15.6 Å². The van der Waals surface area contributed by atoms with E-state index in [-0.39, 0.29) is 10.0 Å². The van der Waals surface area contributed by atoms with Crippen molar-refractivity contribution in [2.24, 2.45) is 0 Å². The molecule has 1 amide bonds. The molecular weight excluding hydrogens is 405 g/mol. The number of rotatable bonds is 4. The Kier molecular flexibility index (Phi) is 5.88. The van der Waals surface area contributed by atoms with Gasteiger partial charge < -0.3 is 0 Å². The van der Waals surface area contributed by atoms with Crippen LogP contribution in [0.25, 0.3) is 11.1 Å². The molecule has 0 aliphatic rings. The Morgan fingerprint density at radius 2 is 1.48 bits per heavy atom. The van der Waals surface area contributed by atoms with E-state index in [1.165, 1.54) is 12.1 Å². The number of halogens is 3. The fourth-order valence-corrected chi connectivity index (χ4v) is 3.49. The van der Waals surface area contributed by atoms with Gasteiger partial charge in [-0.15, -0.1) is 0 Å². The molecule has 0 saturated heterocycles. The van der Waals surface area contributed by atoms with Crippen molar-refractivity contribution in [2.45, 2.75) is 0 Å². The molecular formula is C20H12Cl3N3O. The van der Waals surface area contributed by atoms with Crippen molar-refractivity contribution in [3.63, 3.8) is 0 Å². The molecule has 0 bridgehead atoms. The molecule has 0 atom stereocenters. The average Bonchev–Trinajstić information content (AvgIpc) is 2.67. The van der Waals surface area contributed by atoms with Gasteiger partial charge in [0, 0.05) is 16.1 Å². The third-order valence-electron chi connectivity index (χ3n) is 3.82. The van der Waals surface area contributed by atoms with Gasteiger partial charge >= 0.3 is 0 Å². The number of nitrogens with one attached hydrogen (secondary N) is 2. The van der Waals surface area contributed by atoms with Crippen LogP contribution in [0.5, 0.6) is 0 Å². The van der Waals surface area contributed by atoms with Crippen LogP contribution in [0.3, 0.4) is 0 Å². The first-order valence-corrected chi connectivity index (χ1v) is 8.94. The first-order chi connectivity index (χ1) is 13.0. The van der Waals surface area contributed by atoms with Gasteiger partial charge in [0.25, 0.3) is 5.91 Å². The van der Waals surface area contributed by atoms with Crippen molar-refractivity contribution >= 4 is 46.4 Å².